The van der Waals surface area contributed by atoms with Crippen LogP contribution in [-0.2, 0) is 21.2 Å². The SMILES string of the molecule is CCc1ccc(N(CC(C)C)S(=O)(=O)c2ccc3c(c2)C(O)CCN3C(C)C2CCOCC2)cc1. The van der Waals surface area contributed by atoms with E-state index in [9.17, 15) is 13.5 Å². The van der Waals surface area contributed by atoms with Crippen LogP contribution in [0.5, 0.6) is 0 Å². The maximum atomic E-state index is 13.9. The fourth-order valence-corrected chi connectivity index (χ4v) is 7.00. The van der Waals surface area contributed by atoms with E-state index in [2.05, 4.69) is 18.7 Å². The highest BCUT2D eigenvalue weighted by atomic mass is 32.2. The zero-order chi connectivity index (χ0) is 25.2. The maximum absolute atomic E-state index is 13.9. The van der Waals surface area contributed by atoms with Crippen molar-refractivity contribution in [3.8, 4) is 0 Å². The van der Waals surface area contributed by atoms with Gasteiger partial charge in [-0.25, -0.2) is 8.42 Å². The Kier molecular flexibility index (Phi) is 8.09. The molecular formula is C28H40N2O4S. The first-order valence-corrected chi connectivity index (χ1v) is 14.4. The van der Waals surface area contributed by atoms with E-state index in [1.54, 1.807) is 12.1 Å². The number of aliphatic hydroxyl groups is 1. The zero-order valence-corrected chi connectivity index (χ0v) is 22.3. The highest BCUT2D eigenvalue weighted by molar-refractivity contribution is 7.92. The molecule has 2 aromatic carbocycles. The van der Waals surface area contributed by atoms with Crippen molar-refractivity contribution in [2.24, 2.45) is 11.8 Å². The molecule has 1 saturated heterocycles. The number of fused-ring (bicyclic) bond motifs is 1. The van der Waals surface area contributed by atoms with Gasteiger partial charge in [-0.15, -0.1) is 0 Å². The highest BCUT2D eigenvalue weighted by Crippen LogP contribution is 2.39. The normalized spacial score (nSPS) is 20.1. The molecule has 0 bridgehead atoms. The lowest BCUT2D eigenvalue weighted by Gasteiger charge is -2.42. The summed E-state index contributed by atoms with van der Waals surface area (Å²) in [6.45, 7) is 11.1. The number of nitrogens with zero attached hydrogens (tertiary/aromatic N) is 2. The fraction of sp³-hybridized carbons (Fsp3) is 0.571. The lowest BCUT2D eigenvalue weighted by atomic mass is 9.89. The van der Waals surface area contributed by atoms with Crippen molar-refractivity contribution >= 4 is 21.4 Å². The van der Waals surface area contributed by atoms with E-state index in [0.29, 0.717) is 36.2 Å². The summed E-state index contributed by atoms with van der Waals surface area (Å²) in [4.78, 5) is 2.58. The number of aryl methyl sites for hydroxylation is 1. The summed E-state index contributed by atoms with van der Waals surface area (Å²) in [6, 6.07) is 13.4. The molecular weight excluding hydrogens is 460 g/mol. The standard InChI is InChI=1S/C28H40N2O4S/c1-5-22-6-8-24(9-7-22)30(19-20(2)3)35(32,33)25-10-11-27-26(18-25)28(31)12-15-29(27)21(4)23-13-16-34-17-14-23/h6-11,18,20-21,23,28,31H,5,12-17,19H2,1-4H3. The molecule has 2 aliphatic heterocycles. The molecule has 0 amide bonds. The average Bonchev–Trinajstić information content (AvgIpc) is 2.87. The monoisotopic (exact) mass is 500 g/mol. The predicted molar refractivity (Wildman–Crippen MR) is 142 cm³/mol. The van der Waals surface area contributed by atoms with E-state index in [0.717, 1.165) is 44.7 Å². The fourth-order valence-electron chi connectivity index (χ4n) is 5.33. The summed E-state index contributed by atoms with van der Waals surface area (Å²) in [6.07, 6.45) is 2.90. The van der Waals surface area contributed by atoms with Crippen molar-refractivity contribution in [1.29, 1.82) is 0 Å². The van der Waals surface area contributed by atoms with Gasteiger partial charge in [0.2, 0.25) is 0 Å². The third-order valence-electron chi connectivity index (χ3n) is 7.50. The van der Waals surface area contributed by atoms with E-state index in [-0.39, 0.29) is 10.8 Å². The van der Waals surface area contributed by atoms with Gasteiger partial charge in [-0.2, -0.15) is 0 Å². The van der Waals surface area contributed by atoms with Crippen molar-refractivity contribution in [2.45, 2.75) is 70.4 Å². The molecule has 35 heavy (non-hydrogen) atoms. The van der Waals surface area contributed by atoms with Gasteiger partial charge in [0.05, 0.1) is 16.7 Å². The van der Waals surface area contributed by atoms with Crippen LogP contribution in [0, 0.1) is 11.8 Å². The number of hydrogen-bond acceptors (Lipinski definition) is 5. The highest BCUT2D eigenvalue weighted by Gasteiger charge is 2.33. The first kappa shape index (κ1) is 26.0. The first-order chi connectivity index (χ1) is 16.7. The Morgan fingerprint density at radius 3 is 2.37 bits per heavy atom. The second-order valence-electron chi connectivity index (χ2n) is 10.4. The van der Waals surface area contributed by atoms with Gasteiger partial charge >= 0.3 is 0 Å². The average molecular weight is 501 g/mol. The van der Waals surface area contributed by atoms with Crippen LogP contribution in [0.1, 0.15) is 64.2 Å². The molecule has 2 atom stereocenters. The van der Waals surface area contributed by atoms with Gasteiger partial charge in [0.15, 0.2) is 0 Å². The summed E-state index contributed by atoms with van der Waals surface area (Å²) in [5, 5.41) is 10.9. The van der Waals surface area contributed by atoms with E-state index in [4.69, 9.17) is 4.74 Å². The molecule has 1 N–H and O–H groups in total. The molecule has 4 rings (SSSR count). The molecule has 6 nitrogen and oxygen atoms in total. The molecule has 0 spiro atoms. The predicted octanol–water partition coefficient (Wildman–Crippen LogP) is 5.16. The number of benzene rings is 2. The van der Waals surface area contributed by atoms with E-state index in [1.165, 1.54) is 9.87 Å². The number of anilines is 2. The van der Waals surface area contributed by atoms with Crippen molar-refractivity contribution in [1.82, 2.24) is 0 Å². The second-order valence-corrected chi connectivity index (χ2v) is 12.2. The molecule has 2 heterocycles. The van der Waals surface area contributed by atoms with E-state index < -0.39 is 16.1 Å². The van der Waals surface area contributed by atoms with Gasteiger partial charge in [0.1, 0.15) is 0 Å². The van der Waals surface area contributed by atoms with Gasteiger partial charge in [-0.3, -0.25) is 4.31 Å². The van der Waals surface area contributed by atoms with Crippen molar-refractivity contribution < 1.29 is 18.3 Å². The summed E-state index contributed by atoms with van der Waals surface area (Å²) in [5.74, 6) is 0.692. The minimum Gasteiger partial charge on any atom is -0.388 e. The number of hydrogen-bond donors (Lipinski definition) is 1. The molecule has 0 aliphatic carbocycles. The lowest BCUT2D eigenvalue weighted by Crippen LogP contribution is -2.44. The smallest absolute Gasteiger partial charge is 0.264 e. The van der Waals surface area contributed by atoms with Crippen molar-refractivity contribution in [3.05, 3.63) is 53.6 Å². The topological polar surface area (TPSA) is 70.1 Å². The molecule has 1 fully saturated rings. The third-order valence-corrected chi connectivity index (χ3v) is 9.29. The Balaban J connectivity index is 1.68. The Morgan fingerprint density at radius 1 is 1.06 bits per heavy atom. The minimum absolute atomic E-state index is 0.162. The van der Waals surface area contributed by atoms with E-state index >= 15 is 0 Å². The molecule has 7 heteroatoms. The van der Waals surface area contributed by atoms with Gasteiger partial charge in [-0.1, -0.05) is 32.9 Å². The van der Waals surface area contributed by atoms with Gasteiger partial charge in [-0.05, 0) is 80.3 Å². The van der Waals surface area contributed by atoms with Crippen LogP contribution in [-0.4, -0.2) is 45.9 Å². The maximum Gasteiger partial charge on any atom is 0.264 e. The van der Waals surface area contributed by atoms with Gasteiger partial charge < -0.3 is 14.7 Å². The molecule has 2 unspecified atom stereocenters. The largest absolute Gasteiger partial charge is 0.388 e. The van der Waals surface area contributed by atoms with Gasteiger partial charge in [0.25, 0.3) is 10.0 Å². The summed E-state index contributed by atoms with van der Waals surface area (Å²) >= 11 is 0. The number of sulfonamides is 1. The van der Waals surface area contributed by atoms with E-state index in [1.807, 2.05) is 44.2 Å². The molecule has 0 radical (unpaired) electrons. The van der Waals surface area contributed by atoms with Crippen LogP contribution in [0.25, 0.3) is 0 Å². The Labute approximate surface area is 211 Å². The molecule has 0 saturated carbocycles. The summed E-state index contributed by atoms with van der Waals surface area (Å²) in [5.41, 5.74) is 3.50. The first-order valence-electron chi connectivity index (χ1n) is 13.0. The number of rotatable bonds is 8. The Morgan fingerprint density at radius 2 is 1.74 bits per heavy atom. The van der Waals surface area contributed by atoms with Crippen molar-refractivity contribution in [2.75, 3.05) is 35.5 Å². The quantitative estimate of drug-likeness (QED) is 0.542. The molecule has 2 aliphatic rings. The van der Waals surface area contributed by atoms with Crippen LogP contribution >= 0.6 is 0 Å². The Bertz CT molecular complexity index is 1090. The second kappa shape index (κ2) is 10.9. The van der Waals surface area contributed by atoms with Crippen LogP contribution in [0.4, 0.5) is 11.4 Å². The summed E-state index contributed by atoms with van der Waals surface area (Å²) in [7, 11) is -3.80. The van der Waals surface area contributed by atoms with Crippen LogP contribution < -0.4 is 9.21 Å². The third kappa shape index (κ3) is 5.52. The lowest BCUT2D eigenvalue weighted by molar-refractivity contribution is 0.0583. The molecule has 0 aromatic heterocycles. The number of aliphatic hydroxyl groups excluding tert-OH is 1. The zero-order valence-electron chi connectivity index (χ0n) is 21.5. The number of ether oxygens (including phenoxy) is 1. The van der Waals surface area contributed by atoms with Crippen LogP contribution in [0.15, 0.2) is 47.4 Å². The van der Waals surface area contributed by atoms with Crippen LogP contribution in [0.3, 0.4) is 0 Å². The molecule has 192 valence electrons. The van der Waals surface area contributed by atoms with Gasteiger partial charge in [0, 0.05) is 43.6 Å². The van der Waals surface area contributed by atoms with Crippen molar-refractivity contribution in [3.63, 3.8) is 0 Å². The summed E-state index contributed by atoms with van der Waals surface area (Å²) < 4.78 is 34.8. The minimum atomic E-state index is -3.80. The molecule has 2 aromatic rings. The van der Waals surface area contributed by atoms with Crippen LogP contribution in [0.2, 0.25) is 0 Å². The Hall–Kier alpha value is -2.09.